The molecular formula is C12H13F5N2O. The Kier molecular flexibility index (Phi) is 5.04. The van der Waals surface area contributed by atoms with Crippen molar-refractivity contribution in [3.63, 3.8) is 0 Å². The molecule has 0 atom stereocenters. The highest BCUT2D eigenvalue weighted by molar-refractivity contribution is 5.75. The standard InChI is InChI=1S/C12H13F5N2O/c1-5(2)19(4-7(18)20)3-6-8(13)10(15)12(17)11(16)9(6)14/h5H,3-4H2,1-2H3,(H2,18,20). The summed E-state index contributed by atoms with van der Waals surface area (Å²) in [6.45, 7) is 2.20. The highest BCUT2D eigenvalue weighted by atomic mass is 19.2. The SMILES string of the molecule is CC(C)N(CC(N)=O)Cc1c(F)c(F)c(F)c(F)c1F. The topological polar surface area (TPSA) is 46.3 Å². The Morgan fingerprint density at radius 1 is 1.00 bits per heavy atom. The first-order valence-electron chi connectivity index (χ1n) is 5.69. The third-order valence-corrected chi connectivity index (χ3v) is 2.75. The molecule has 0 saturated heterocycles. The van der Waals surface area contributed by atoms with Crippen LogP contribution in [0.4, 0.5) is 22.0 Å². The van der Waals surface area contributed by atoms with Gasteiger partial charge < -0.3 is 5.73 Å². The number of hydrogen-bond acceptors (Lipinski definition) is 2. The van der Waals surface area contributed by atoms with Gasteiger partial charge in [-0.25, -0.2) is 22.0 Å². The van der Waals surface area contributed by atoms with Crippen LogP contribution < -0.4 is 5.73 Å². The van der Waals surface area contributed by atoms with Crippen LogP contribution in [0.15, 0.2) is 0 Å². The molecule has 0 aliphatic heterocycles. The maximum atomic E-state index is 13.5. The number of carbonyl (C=O) groups excluding carboxylic acids is 1. The van der Waals surface area contributed by atoms with Gasteiger partial charge in [0, 0.05) is 18.2 Å². The van der Waals surface area contributed by atoms with Crippen molar-refractivity contribution in [2.75, 3.05) is 6.54 Å². The van der Waals surface area contributed by atoms with E-state index in [9.17, 15) is 26.7 Å². The molecule has 1 aromatic rings. The van der Waals surface area contributed by atoms with E-state index in [0.717, 1.165) is 0 Å². The maximum Gasteiger partial charge on any atom is 0.231 e. The molecule has 3 nitrogen and oxygen atoms in total. The molecule has 0 saturated carbocycles. The van der Waals surface area contributed by atoms with Gasteiger partial charge in [0.05, 0.1) is 6.54 Å². The van der Waals surface area contributed by atoms with Gasteiger partial charge in [-0.15, -0.1) is 0 Å². The van der Waals surface area contributed by atoms with Crippen LogP contribution in [0.3, 0.4) is 0 Å². The van der Waals surface area contributed by atoms with Crippen molar-refractivity contribution in [2.45, 2.75) is 26.4 Å². The molecule has 2 N–H and O–H groups in total. The minimum atomic E-state index is -2.21. The Labute approximate surface area is 112 Å². The van der Waals surface area contributed by atoms with Gasteiger partial charge >= 0.3 is 0 Å². The van der Waals surface area contributed by atoms with Gasteiger partial charge in [0.2, 0.25) is 11.7 Å². The second-order valence-electron chi connectivity index (χ2n) is 4.51. The lowest BCUT2D eigenvalue weighted by atomic mass is 10.1. The first-order valence-corrected chi connectivity index (χ1v) is 5.69. The van der Waals surface area contributed by atoms with E-state index in [2.05, 4.69) is 0 Å². The molecule has 0 aliphatic carbocycles. The number of rotatable bonds is 5. The molecule has 112 valence electrons. The van der Waals surface area contributed by atoms with Crippen LogP contribution >= 0.6 is 0 Å². The van der Waals surface area contributed by atoms with Crippen molar-refractivity contribution in [3.05, 3.63) is 34.6 Å². The molecular weight excluding hydrogens is 283 g/mol. The van der Waals surface area contributed by atoms with E-state index in [1.807, 2.05) is 0 Å². The summed E-state index contributed by atoms with van der Waals surface area (Å²) in [7, 11) is 0. The summed E-state index contributed by atoms with van der Waals surface area (Å²) < 4.78 is 66.0. The summed E-state index contributed by atoms with van der Waals surface area (Å²) in [4.78, 5) is 12.0. The Balaban J connectivity index is 3.23. The van der Waals surface area contributed by atoms with Crippen LogP contribution in [0.5, 0.6) is 0 Å². The molecule has 1 amide bonds. The van der Waals surface area contributed by atoms with E-state index >= 15 is 0 Å². The quantitative estimate of drug-likeness (QED) is 0.514. The van der Waals surface area contributed by atoms with Gasteiger partial charge in [-0.2, -0.15) is 0 Å². The summed E-state index contributed by atoms with van der Waals surface area (Å²) >= 11 is 0. The zero-order chi connectivity index (χ0) is 15.6. The average Bonchev–Trinajstić information content (AvgIpc) is 2.37. The molecule has 0 aliphatic rings. The number of nitrogens with zero attached hydrogens (tertiary/aromatic N) is 1. The number of nitrogens with two attached hydrogens (primary N) is 1. The summed E-state index contributed by atoms with van der Waals surface area (Å²) in [5.41, 5.74) is 3.98. The van der Waals surface area contributed by atoms with Crippen LogP contribution in [0.1, 0.15) is 19.4 Å². The molecule has 0 spiro atoms. The van der Waals surface area contributed by atoms with Crippen LogP contribution in [0.25, 0.3) is 0 Å². The minimum absolute atomic E-state index is 0.364. The van der Waals surface area contributed by atoms with Crippen molar-refractivity contribution in [3.8, 4) is 0 Å². The Hall–Kier alpha value is -1.70. The smallest absolute Gasteiger partial charge is 0.231 e. The molecule has 0 heterocycles. The van der Waals surface area contributed by atoms with E-state index in [1.54, 1.807) is 13.8 Å². The molecule has 0 bridgehead atoms. The van der Waals surface area contributed by atoms with E-state index in [4.69, 9.17) is 5.73 Å². The van der Waals surface area contributed by atoms with Gasteiger partial charge in [-0.05, 0) is 13.8 Å². The van der Waals surface area contributed by atoms with E-state index in [-0.39, 0.29) is 12.6 Å². The van der Waals surface area contributed by atoms with Gasteiger partial charge in [0.1, 0.15) is 0 Å². The molecule has 0 radical (unpaired) electrons. The number of primary amides is 1. The zero-order valence-electron chi connectivity index (χ0n) is 10.8. The fourth-order valence-corrected chi connectivity index (χ4v) is 1.61. The number of halogens is 5. The highest BCUT2D eigenvalue weighted by Gasteiger charge is 2.27. The van der Waals surface area contributed by atoms with Gasteiger partial charge in [0.15, 0.2) is 23.3 Å². The van der Waals surface area contributed by atoms with Crippen molar-refractivity contribution < 1.29 is 26.7 Å². The van der Waals surface area contributed by atoms with E-state index in [0.29, 0.717) is 0 Å². The van der Waals surface area contributed by atoms with Gasteiger partial charge in [-0.3, -0.25) is 9.69 Å². The zero-order valence-corrected chi connectivity index (χ0v) is 10.8. The Morgan fingerprint density at radius 2 is 1.40 bits per heavy atom. The highest BCUT2D eigenvalue weighted by Crippen LogP contribution is 2.24. The largest absolute Gasteiger partial charge is 0.369 e. The maximum absolute atomic E-state index is 13.5. The number of hydrogen-bond donors (Lipinski definition) is 1. The van der Waals surface area contributed by atoms with Crippen molar-refractivity contribution in [1.29, 1.82) is 0 Å². The Morgan fingerprint density at radius 3 is 1.75 bits per heavy atom. The third-order valence-electron chi connectivity index (χ3n) is 2.75. The summed E-state index contributed by atoms with van der Waals surface area (Å²) in [6, 6.07) is -0.377. The minimum Gasteiger partial charge on any atom is -0.369 e. The Bertz CT molecular complexity index is 504. The van der Waals surface area contributed by atoms with Crippen LogP contribution in [-0.4, -0.2) is 23.4 Å². The monoisotopic (exact) mass is 296 g/mol. The normalized spacial score (nSPS) is 11.4. The lowest BCUT2D eigenvalue weighted by Crippen LogP contribution is -2.38. The van der Waals surface area contributed by atoms with Crippen molar-refractivity contribution in [1.82, 2.24) is 4.90 Å². The van der Waals surface area contributed by atoms with Crippen molar-refractivity contribution in [2.24, 2.45) is 5.73 Å². The molecule has 20 heavy (non-hydrogen) atoms. The second kappa shape index (κ2) is 6.17. The predicted molar refractivity (Wildman–Crippen MR) is 61.0 cm³/mol. The predicted octanol–water partition coefficient (Wildman–Crippen LogP) is 2.08. The molecule has 1 rings (SSSR count). The van der Waals surface area contributed by atoms with E-state index in [1.165, 1.54) is 4.90 Å². The van der Waals surface area contributed by atoms with E-state index < -0.39 is 47.1 Å². The van der Waals surface area contributed by atoms with Crippen LogP contribution in [0, 0.1) is 29.1 Å². The van der Waals surface area contributed by atoms with Gasteiger partial charge in [-0.1, -0.05) is 0 Å². The third kappa shape index (κ3) is 3.24. The summed E-state index contributed by atoms with van der Waals surface area (Å²) in [6.07, 6.45) is 0. The van der Waals surface area contributed by atoms with Crippen LogP contribution in [-0.2, 0) is 11.3 Å². The number of amides is 1. The first-order chi connectivity index (χ1) is 9.16. The first kappa shape index (κ1) is 16.4. The van der Waals surface area contributed by atoms with Gasteiger partial charge in [0.25, 0.3) is 0 Å². The lowest BCUT2D eigenvalue weighted by Gasteiger charge is -2.25. The fourth-order valence-electron chi connectivity index (χ4n) is 1.61. The number of carbonyl (C=O) groups is 1. The van der Waals surface area contributed by atoms with Crippen LogP contribution in [0.2, 0.25) is 0 Å². The average molecular weight is 296 g/mol. The second-order valence-corrected chi connectivity index (χ2v) is 4.51. The summed E-state index contributed by atoms with van der Waals surface area (Å²) in [5, 5.41) is 0. The molecule has 0 unspecified atom stereocenters. The van der Waals surface area contributed by atoms with Crippen molar-refractivity contribution >= 4 is 5.91 Å². The fraction of sp³-hybridized carbons (Fsp3) is 0.417. The molecule has 0 aromatic heterocycles. The lowest BCUT2D eigenvalue weighted by molar-refractivity contribution is -0.119. The summed E-state index contributed by atoms with van der Waals surface area (Å²) in [5.74, 6) is -10.8. The molecule has 1 aromatic carbocycles. The molecule has 8 heteroatoms. The molecule has 0 fully saturated rings. The number of benzene rings is 1.